The number of nitrogens with one attached hydrogen (secondary N) is 4. The number of aliphatic hydroxyl groups excluding tert-OH is 1. The quantitative estimate of drug-likeness (QED) is 0.0786. The molecule has 5 amide bonds. The number of ether oxygens (including phenoxy) is 1. The van der Waals surface area contributed by atoms with Crippen LogP contribution in [0, 0.1) is 5.92 Å². The number of thioether (sulfide) groups is 1. The van der Waals surface area contributed by atoms with Gasteiger partial charge >= 0.3 is 0 Å². The van der Waals surface area contributed by atoms with Crippen LogP contribution in [0.3, 0.4) is 0 Å². The minimum atomic E-state index is -0.767. The maximum absolute atomic E-state index is 12.2. The van der Waals surface area contributed by atoms with Crippen molar-refractivity contribution in [3.63, 3.8) is 0 Å². The molecule has 0 bridgehead atoms. The first-order chi connectivity index (χ1) is 19.7. The van der Waals surface area contributed by atoms with Gasteiger partial charge in [0.1, 0.15) is 25.8 Å². The van der Waals surface area contributed by atoms with Gasteiger partial charge in [0, 0.05) is 50.2 Å². The van der Waals surface area contributed by atoms with Crippen molar-refractivity contribution in [1.82, 2.24) is 21.3 Å². The molecule has 0 heterocycles. The zero-order valence-electron chi connectivity index (χ0n) is 23.1. The third-order valence-electron chi connectivity index (χ3n) is 6.03. The lowest BCUT2D eigenvalue weighted by Crippen LogP contribution is -2.46. The topological polar surface area (TPSA) is 223 Å². The van der Waals surface area contributed by atoms with E-state index in [0.29, 0.717) is 25.0 Å². The highest BCUT2D eigenvalue weighted by Gasteiger charge is 2.20. The highest BCUT2D eigenvalue weighted by Crippen LogP contribution is 2.25. The molecule has 1 aliphatic rings. The van der Waals surface area contributed by atoms with Crippen molar-refractivity contribution < 1.29 is 43.4 Å². The van der Waals surface area contributed by atoms with Gasteiger partial charge < -0.3 is 46.4 Å². The van der Waals surface area contributed by atoms with Crippen LogP contribution in [0.1, 0.15) is 51.4 Å². The number of carbonyl (C=O) groups excluding carboxylic acids is 7. The Labute approximate surface area is 243 Å². The Bertz CT molecular complexity index is 931. The molecule has 3 atom stereocenters. The predicted molar refractivity (Wildman–Crippen MR) is 150 cm³/mol. The van der Waals surface area contributed by atoms with E-state index in [4.69, 9.17) is 10.5 Å². The highest BCUT2D eigenvalue weighted by atomic mass is 32.2. The number of nitrogens with two attached hydrogens (primary N) is 1. The van der Waals surface area contributed by atoms with Gasteiger partial charge in [-0.15, -0.1) is 11.8 Å². The molecule has 3 unspecified atom stereocenters. The van der Waals surface area contributed by atoms with Crippen LogP contribution in [0.25, 0.3) is 0 Å². The van der Waals surface area contributed by atoms with Gasteiger partial charge in [-0.1, -0.05) is 6.08 Å². The third kappa shape index (κ3) is 17.2. The Kier molecular flexibility index (Phi) is 18.7. The predicted octanol–water partition coefficient (Wildman–Crippen LogP) is -1.55. The van der Waals surface area contributed by atoms with Crippen molar-refractivity contribution in [2.45, 2.75) is 62.7 Å². The smallest absolute Gasteiger partial charge is 0.250 e. The second kappa shape index (κ2) is 21.4. The molecular weight excluding hydrogens is 558 g/mol. The lowest BCUT2D eigenvalue weighted by Gasteiger charge is -2.21. The van der Waals surface area contributed by atoms with E-state index in [1.54, 1.807) is 0 Å². The van der Waals surface area contributed by atoms with Crippen molar-refractivity contribution >= 4 is 53.9 Å². The van der Waals surface area contributed by atoms with Crippen LogP contribution in [0.2, 0.25) is 0 Å². The van der Waals surface area contributed by atoms with Gasteiger partial charge in [0.25, 0.3) is 0 Å². The molecule has 15 heteroatoms. The molecule has 0 aromatic heterocycles. The van der Waals surface area contributed by atoms with E-state index in [2.05, 4.69) is 21.3 Å². The summed E-state index contributed by atoms with van der Waals surface area (Å²) in [5.41, 5.74) is 5.82. The summed E-state index contributed by atoms with van der Waals surface area (Å²) in [6.07, 6.45) is 7.11. The van der Waals surface area contributed by atoms with E-state index in [0.717, 1.165) is 43.0 Å². The van der Waals surface area contributed by atoms with Crippen molar-refractivity contribution in [2.75, 3.05) is 38.7 Å². The van der Waals surface area contributed by atoms with Crippen LogP contribution in [0.15, 0.2) is 11.8 Å². The molecule has 0 saturated carbocycles. The zero-order valence-corrected chi connectivity index (χ0v) is 23.9. The SMILES string of the molecule is NC(=O)CCNC(=O)C(CC=O)SCCC(=O)NC(CO)CNC(=O)COCC(=O)NC1=CCC(CCC=O)CC1. The lowest BCUT2D eigenvalue weighted by atomic mass is 9.89. The fourth-order valence-electron chi connectivity index (χ4n) is 3.82. The summed E-state index contributed by atoms with van der Waals surface area (Å²) in [5, 5.41) is 19.2. The van der Waals surface area contributed by atoms with Crippen LogP contribution in [0.4, 0.5) is 0 Å². The van der Waals surface area contributed by atoms with E-state index in [1.165, 1.54) is 0 Å². The second-order valence-electron chi connectivity index (χ2n) is 9.42. The number of carbonyl (C=O) groups is 7. The maximum atomic E-state index is 12.2. The first-order valence-electron chi connectivity index (χ1n) is 13.5. The van der Waals surface area contributed by atoms with E-state index < -0.39 is 41.5 Å². The molecule has 1 aliphatic carbocycles. The van der Waals surface area contributed by atoms with Crippen LogP contribution in [0.5, 0.6) is 0 Å². The molecule has 1 rings (SSSR count). The normalized spacial score (nSPS) is 15.9. The Morgan fingerprint density at radius 1 is 1.07 bits per heavy atom. The third-order valence-corrected chi connectivity index (χ3v) is 7.28. The van der Waals surface area contributed by atoms with Crippen molar-refractivity contribution in [3.05, 3.63) is 11.8 Å². The summed E-state index contributed by atoms with van der Waals surface area (Å²) in [7, 11) is 0. The number of aldehydes is 2. The number of primary amides is 1. The summed E-state index contributed by atoms with van der Waals surface area (Å²) in [4.78, 5) is 80.6. The minimum Gasteiger partial charge on any atom is -0.394 e. The monoisotopic (exact) mass is 599 g/mol. The number of rotatable bonds is 22. The molecule has 0 fully saturated rings. The van der Waals surface area contributed by atoms with Crippen LogP contribution >= 0.6 is 11.8 Å². The van der Waals surface area contributed by atoms with Crippen LogP contribution in [-0.4, -0.2) is 97.2 Å². The molecule has 7 N–H and O–H groups in total. The molecule has 0 spiro atoms. The molecule has 0 radical (unpaired) electrons. The van der Waals surface area contributed by atoms with Crippen molar-refractivity contribution in [2.24, 2.45) is 11.7 Å². The minimum absolute atomic E-state index is 0.00685. The van der Waals surface area contributed by atoms with E-state index in [-0.39, 0.29) is 57.2 Å². The van der Waals surface area contributed by atoms with Gasteiger partial charge in [0.05, 0.1) is 17.9 Å². The average Bonchev–Trinajstić information content (AvgIpc) is 2.94. The summed E-state index contributed by atoms with van der Waals surface area (Å²) in [6.45, 7) is -1.16. The zero-order chi connectivity index (χ0) is 30.5. The van der Waals surface area contributed by atoms with Crippen LogP contribution in [-0.2, 0) is 38.3 Å². The molecule has 230 valence electrons. The second-order valence-corrected chi connectivity index (χ2v) is 10.7. The maximum Gasteiger partial charge on any atom is 0.250 e. The lowest BCUT2D eigenvalue weighted by molar-refractivity contribution is -0.131. The molecule has 0 saturated heterocycles. The molecule has 0 aromatic carbocycles. The van der Waals surface area contributed by atoms with E-state index in [9.17, 15) is 38.7 Å². The summed E-state index contributed by atoms with van der Waals surface area (Å²) in [5.74, 6) is -1.70. The first-order valence-corrected chi connectivity index (χ1v) is 14.5. The van der Waals surface area contributed by atoms with Gasteiger partial charge in [0.15, 0.2) is 0 Å². The summed E-state index contributed by atoms with van der Waals surface area (Å²) in [6, 6.07) is -0.767. The Morgan fingerprint density at radius 2 is 1.83 bits per heavy atom. The molecule has 0 aromatic rings. The van der Waals surface area contributed by atoms with Crippen molar-refractivity contribution in [3.8, 4) is 0 Å². The Morgan fingerprint density at radius 3 is 2.46 bits per heavy atom. The number of amides is 5. The largest absolute Gasteiger partial charge is 0.394 e. The fraction of sp³-hybridized carbons (Fsp3) is 0.654. The van der Waals surface area contributed by atoms with E-state index >= 15 is 0 Å². The Hall–Kier alpha value is -3.30. The van der Waals surface area contributed by atoms with E-state index in [1.807, 2.05) is 6.08 Å². The fourth-order valence-corrected chi connectivity index (χ4v) is 4.86. The standard InChI is InChI=1S/C26H41N5O9S/c27-22(35)7-10-28-26(39)21(8-12-33)41-13-9-23(36)31-20(15-34)14-29-24(37)16-40-17-25(38)30-19-5-3-18(4-6-19)2-1-11-32/h5,11-12,18,20-21,34H,1-4,6-10,13-17H2,(H2,27,35)(H,28,39)(H,29,37)(H,30,38)(H,31,36). The number of allylic oxidation sites excluding steroid dienone is 2. The number of aliphatic hydroxyl groups is 1. The first kappa shape index (κ1) is 35.7. The Balaban J connectivity index is 2.26. The summed E-state index contributed by atoms with van der Waals surface area (Å²) >= 11 is 1.10. The number of hydrogen-bond donors (Lipinski definition) is 6. The van der Waals surface area contributed by atoms with Gasteiger partial charge in [0.2, 0.25) is 29.5 Å². The highest BCUT2D eigenvalue weighted by molar-refractivity contribution is 8.00. The number of hydrogen-bond acceptors (Lipinski definition) is 10. The van der Waals surface area contributed by atoms with Crippen molar-refractivity contribution in [1.29, 1.82) is 0 Å². The van der Waals surface area contributed by atoms with Gasteiger partial charge in [-0.25, -0.2) is 0 Å². The molecule has 41 heavy (non-hydrogen) atoms. The summed E-state index contributed by atoms with van der Waals surface area (Å²) < 4.78 is 5.15. The molecular formula is C26H41N5O9S. The average molecular weight is 600 g/mol. The van der Waals surface area contributed by atoms with Crippen LogP contribution < -0.4 is 27.0 Å². The van der Waals surface area contributed by atoms with Gasteiger partial charge in [-0.2, -0.15) is 0 Å². The van der Waals surface area contributed by atoms with Gasteiger partial charge in [-0.05, 0) is 31.6 Å². The molecule has 14 nitrogen and oxygen atoms in total. The molecule has 0 aliphatic heterocycles. The van der Waals surface area contributed by atoms with Gasteiger partial charge in [-0.3, -0.25) is 24.0 Å².